The molecule has 0 aliphatic carbocycles. The van der Waals surface area contributed by atoms with Gasteiger partial charge in [-0.25, -0.2) is 8.42 Å². The largest absolute Gasteiger partial charge is 0.495 e. The van der Waals surface area contributed by atoms with Gasteiger partial charge in [-0.1, -0.05) is 12.1 Å². The highest BCUT2D eigenvalue weighted by atomic mass is 32.2. The van der Waals surface area contributed by atoms with E-state index in [1.54, 1.807) is 18.2 Å². The predicted octanol–water partition coefficient (Wildman–Crippen LogP) is 2.42. The van der Waals surface area contributed by atoms with Crippen molar-refractivity contribution in [1.29, 1.82) is 0 Å². The lowest BCUT2D eigenvalue weighted by Crippen LogP contribution is -2.41. The van der Waals surface area contributed by atoms with Gasteiger partial charge in [0.15, 0.2) is 11.5 Å². The molecule has 0 bridgehead atoms. The van der Waals surface area contributed by atoms with Gasteiger partial charge >= 0.3 is 0 Å². The Hall–Kier alpha value is -2.94. The Balaban J connectivity index is 1.78. The van der Waals surface area contributed by atoms with Crippen LogP contribution in [0.4, 0.5) is 5.69 Å². The third-order valence-electron chi connectivity index (χ3n) is 4.73. The fourth-order valence-corrected chi connectivity index (χ4v) is 4.06. The lowest BCUT2D eigenvalue weighted by atomic mass is 10.1. The van der Waals surface area contributed by atoms with Crippen LogP contribution in [-0.4, -0.2) is 47.4 Å². The molecule has 1 aliphatic heterocycles. The fourth-order valence-electron chi connectivity index (χ4n) is 3.21. The third-order valence-corrected chi connectivity index (χ3v) is 5.86. The number of hydrogen-bond acceptors (Lipinski definition) is 6. The first-order chi connectivity index (χ1) is 14.2. The molecule has 1 heterocycles. The number of fused-ring (bicyclic) bond motifs is 1. The topological polar surface area (TPSA) is 94.2 Å². The summed E-state index contributed by atoms with van der Waals surface area (Å²) < 4.78 is 42.3. The molecule has 0 aromatic heterocycles. The Morgan fingerprint density at radius 3 is 2.53 bits per heavy atom. The molecule has 162 valence electrons. The molecule has 2 aromatic carbocycles. The summed E-state index contributed by atoms with van der Waals surface area (Å²) in [5.41, 5.74) is 2.00. The van der Waals surface area contributed by atoms with Gasteiger partial charge in [-0.15, -0.1) is 0 Å². The summed E-state index contributed by atoms with van der Waals surface area (Å²) in [6.07, 6.45) is 1.06. The summed E-state index contributed by atoms with van der Waals surface area (Å²) in [6.45, 7) is 4.27. The number of rotatable bonds is 7. The van der Waals surface area contributed by atoms with Crippen LogP contribution < -0.4 is 23.8 Å². The second-order valence-electron chi connectivity index (χ2n) is 7.14. The molecule has 3 rings (SSSR count). The molecule has 1 N–H and O–H groups in total. The van der Waals surface area contributed by atoms with Crippen molar-refractivity contribution < 1.29 is 27.4 Å². The molecule has 0 radical (unpaired) electrons. The number of amides is 1. The van der Waals surface area contributed by atoms with E-state index in [1.807, 2.05) is 32.0 Å². The number of carbonyl (C=O) groups excluding carboxylic acids is 1. The molecule has 2 aromatic rings. The van der Waals surface area contributed by atoms with Gasteiger partial charge in [0.05, 0.1) is 25.1 Å². The molecular formula is C21H26N2O6S. The average molecular weight is 435 g/mol. The third kappa shape index (κ3) is 4.96. The van der Waals surface area contributed by atoms with E-state index in [-0.39, 0.29) is 12.6 Å². The molecule has 1 amide bonds. The molecule has 0 spiro atoms. The first kappa shape index (κ1) is 21.8. The standard InChI is InChI=1S/C21H26N2O6S/c1-14-5-7-18(27-3)17(11-14)23(30(4,25)26)13-21(24)22-15(2)16-6-8-19-20(12-16)29-10-9-28-19/h5-8,11-12,15H,9-10,13H2,1-4H3,(H,22,24)/t15-/m0/s1. The molecule has 0 saturated carbocycles. The Morgan fingerprint density at radius 2 is 1.87 bits per heavy atom. The maximum Gasteiger partial charge on any atom is 0.241 e. The number of methoxy groups -OCH3 is 1. The molecular weight excluding hydrogens is 408 g/mol. The molecule has 9 heteroatoms. The van der Waals surface area contributed by atoms with E-state index in [0.29, 0.717) is 36.1 Å². The molecule has 0 unspecified atom stereocenters. The molecule has 0 fully saturated rings. The van der Waals surface area contributed by atoms with Crippen LogP contribution >= 0.6 is 0 Å². The summed E-state index contributed by atoms with van der Waals surface area (Å²) in [7, 11) is -2.26. The zero-order valence-electron chi connectivity index (χ0n) is 17.5. The number of hydrogen-bond donors (Lipinski definition) is 1. The van der Waals surface area contributed by atoms with E-state index >= 15 is 0 Å². The monoisotopic (exact) mass is 434 g/mol. The quantitative estimate of drug-likeness (QED) is 0.719. The van der Waals surface area contributed by atoms with Crippen LogP contribution in [-0.2, 0) is 14.8 Å². The Kier molecular flexibility index (Phi) is 6.40. The van der Waals surface area contributed by atoms with Crippen molar-refractivity contribution in [2.75, 3.05) is 37.4 Å². The number of ether oxygens (including phenoxy) is 3. The predicted molar refractivity (Wildman–Crippen MR) is 114 cm³/mol. The number of anilines is 1. The number of carbonyl (C=O) groups is 1. The number of aryl methyl sites for hydroxylation is 1. The second-order valence-corrected chi connectivity index (χ2v) is 9.04. The molecule has 1 atom stereocenters. The maximum absolute atomic E-state index is 12.7. The Bertz CT molecular complexity index is 1040. The SMILES string of the molecule is COc1ccc(C)cc1N(CC(=O)N[C@@H](C)c1ccc2c(c1)OCCO2)S(C)(=O)=O. The normalized spacial score (nSPS) is 14.0. The lowest BCUT2D eigenvalue weighted by Gasteiger charge is -2.25. The van der Waals surface area contributed by atoms with E-state index in [9.17, 15) is 13.2 Å². The van der Waals surface area contributed by atoms with E-state index < -0.39 is 15.9 Å². The van der Waals surface area contributed by atoms with Crippen LogP contribution in [0.3, 0.4) is 0 Å². The van der Waals surface area contributed by atoms with E-state index in [2.05, 4.69) is 5.32 Å². The van der Waals surface area contributed by atoms with Gasteiger partial charge in [0, 0.05) is 0 Å². The van der Waals surface area contributed by atoms with Crippen LogP contribution in [0.15, 0.2) is 36.4 Å². The first-order valence-electron chi connectivity index (χ1n) is 9.50. The highest BCUT2D eigenvalue weighted by Crippen LogP contribution is 2.33. The zero-order valence-corrected chi connectivity index (χ0v) is 18.3. The molecule has 30 heavy (non-hydrogen) atoms. The summed E-state index contributed by atoms with van der Waals surface area (Å²) in [5.74, 6) is 1.23. The minimum Gasteiger partial charge on any atom is -0.495 e. The smallest absolute Gasteiger partial charge is 0.241 e. The summed E-state index contributed by atoms with van der Waals surface area (Å²) in [5, 5.41) is 2.85. The summed E-state index contributed by atoms with van der Waals surface area (Å²) >= 11 is 0. The summed E-state index contributed by atoms with van der Waals surface area (Å²) in [4.78, 5) is 12.7. The Morgan fingerprint density at radius 1 is 1.17 bits per heavy atom. The molecule has 1 aliphatic rings. The van der Waals surface area contributed by atoms with Gasteiger partial charge < -0.3 is 19.5 Å². The minimum absolute atomic E-state index is 0.321. The zero-order chi connectivity index (χ0) is 21.9. The number of benzene rings is 2. The maximum atomic E-state index is 12.7. The van der Waals surface area contributed by atoms with Gasteiger partial charge in [0.2, 0.25) is 15.9 Å². The number of nitrogens with one attached hydrogen (secondary N) is 1. The van der Waals surface area contributed by atoms with E-state index in [0.717, 1.165) is 21.7 Å². The van der Waals surface area contributed by atoms with Gasteiger partial charge in [0.25, 0.3) is 0 Å². The van der Waals surface area contributed by atoms with Crippen molar-refractivity contribution in [3.05, 3.63) is 47.5 Å². The fraction of sp³-hybridized carbons (Fsp3) is 0.381. The molecule has 8 nitrogen and oxygen atoms in total. The highest BCUT2D eigenvalue weighted by Gasteiger charge is 2.25. The van der Waals surface area contributed by atoms with Crippen LogP contribution in [0.25, 0.3) is 0 Å². The number of nitrogens with zero attached hydrogens (tertiary/aromatic N) is 1. The lowest BCUT2D eigenvalue weighted by molar-refractivity contribution is -0.120. The number of sulfonamides is 1. The van der Waals surface area contributed by atoms with Crippen molar-refractivity contribution in [3.63, 3.8) is 0 Å². The van der Waals surface area contributed by atoms with E-state index in [1.165, 1.54) is 7.11 Å². The van der Waals surface area contributed by atoms with Crippen molar-refractivity contribution in [3.8, 4) is 17.2 Å². The highest BCUT2D eigenvalue weighted by molar-refractivity contribution is 7.92. The van der Waals surface area contributed by atoms with Crippen LogP contribution in [0, 0.1) is 6.92 Å². The second kappa shape index (κ2) is 8.83. The summed E-state index contributed by atoms with van der Waals surface area (Å²) in [6, 6.07) is 10.3. The van der Waals surface area contributed by atoms with Crippen molar-refractivity contribution in [1.82, 2.24) is 5.32 Å². The first-order valence-corrected chi connectivity index (χ1v) is 11.3. The van der Waals surface area contributed by atoms with Crippen LogP contribution in [0.5, 0.6) is 17.2 Å². The van der Waals surface area contributed by atoms with Crippen LogP contribution in [0.1, 0.15) is 24.1 Å². The van der Waals surface area contributed by atoms with Gasteiger partial charge in [-0.3, -0.25) is 9.10 Å². The van der Waals surface area contributed by atoms with Crippen molar-refractivity contribution in [2.45, 2.75) is 19.9 Å². The minimum atomic E-state index is -3.72. The van der Waals surface area contributed by atoms with Gasteiger partial charge in [-0.2, -0.15) is 0 Å². The molecule has 0 saturated heterocycles. The van der Waals surface area contributed by atoms with Crippen LogP contribution in [0.2, 0.25) is 0 Å². The van der Waals surface area contributed by atoms with Gasteiger partial charge in [0.1, 0.15) is 25.5 Å². The van der Waals surface area contributed by atoms with E-state index in [4.69, 9.17) is 14.2 Å². The Labute approximate surface area is 176 Å². The van der Waals surface area contributed by atoms with Gasteiger partial charge in [-0.05, 0) is 49.2 Å². The average Bonchev–Trinajstić information content (AvgIpc) is 2.70. The van der Waals surface area contributed by atoms with Crippen molar-refractivity contribution in [2.24, 2.45) is 0 Å². The van der Waals surface area contributed by atoms with Crippen molar-refractivity contribution >= 4 is 21.6 Å².